The van der Waals surface area contributed by atoms with Gasteiger partial charge in [0.2, 0.25) is 5.82 Å². The standard InChI is InChI=1S/C27H23ClN4OS/c1-16-7-11-19(12-8-16)24-23(26-30-25(31-33-26)20-5-4-6-21(28)15-20)18(3)32(27(34)29-24)22-13-9-17(2)10-14-22/h4-15,24H,1-3H3,(H,29,34). The molecule has 0 saturated heterocycles. The van der Waals surface area contributed by atoms with E-state index in [4.69, 9.17) is 33.3 Å². The molecule has 0 saturated carbocycles. The van der Waals surface area contributed by atoms with Crippen LogP contribution in [0.2, 0.25) is 5.02 Å². The highest BCUT2D eigenvalue weighted by Crippen LogP contribution is 2.39. The largest absolute Gasteiger partial charge is 0.351 e. The third-order valence-electron chi connectivity index (χ3n) is 5.93. The van der Waals surface area contributed by atoms with E-state index in [2.05, 4.69) is 72.9 Å². The molecule has 0 amide bonds. The van der Waals surface area contributed by atoms with E-state index in [1.165, 1.54) is 11.1 Å². The van der Waals surface area contributed by atoms with Gasteiger partial charge in [0.05, 0.1) is 11.6 Å². The summed E-state index contributed by atoms with van der Waals surface area (Å²) in [5.41, 5.74) is 7.00. The zero-order valence-corrected chi connectivity index (χ0v) is 20.6. The Morgan fingerprint density at radius 1 is 0.941 bits per heavy atom. The number of benzene rings is 3. The van der Waals surface area contributed by atoms with Crippen LogP contribution < -0.4 is 10.2 Å². The fourth-order valence-corrected chi connectivity index (χ4v) is 4.66. The minimum Gasteiger partial charge on any atom is -0.351 e. The molecule has 4 aromatic rings. The first-order valence-corrected chi connectivity index (χ1v) is 11.7. The first kappa shape index (κ1) is 22.3. The van der Waals surface area contributed by atoms with Gasteiger partial charge in [-0.1, -0.05) is 76.4 Å². The van der Waals surface area contributed by atoms with Gasteiger partial charge in [-0.05, 0) is 62.8 Å². The number of hydrogen-bond acceptors (Lipinski definition) is 4. The molecule has 0 fully saturated rings. The maximum atomic E-state index is 6.18. The van der Waals surface area contributed by atoms with Gasteiger partial charge in [0.15, 0.2) is 5.11 Å². The van der Waals surface area contributed by atoms with Crippen LogP contribution in [-0.2, 0) is 0 Å². The molecule has 1 unspecified atom stereocenters. The van der Waals surface area contributed by atoms with Gasteiger partial charge in [0.1, 0.15) is 0 Å². The number of allylic oxidation sites excluding steroid dienone is 1. The van der Waals surface area contributed by atoms with Crippen LogP contribution in [0.5, 0.6) is 0 Å². The Kier molecular flexibility index (Phi) is 5.94. The summed E-state index contributed by atoms with van der Waals surface area (Å²) >= 11 is 12.0. The highest BCUT2D eigenvalue weighted by molar-refractivity contribution is 7.80. The van der Waals surface area contributed by atoms with Crippen molar-refractivity contribution in [3.8, 4) is 11.4 Å². The third-order valence-corrected chi connectivity index (χ3v) is 6.46. The van der Waals surface area contributed by atoms with Crippen LogP contribution >= 0.6 is 23.8 Å². The molecule has 0 spiro atoms. The predicted molar refractivity (Wildman–Crippen MR) is 141 cm³/mol. The summed E-state index contributed by atoms with van der Waals surface area (Å²) in [5, 5.41) is 8.99. The molecule has 34 heavy (non-hydrogen) atoms. The van der Waals surface area contributed by atoms with E-state index < -0.39 is 0 Å². The van der Waals surface area contributed by atoms with E-state index in [-0.39, 0.29) is 6.04 Å². The lowest BCUT2D eigenvalue weighted by Crippen LogP contribution is -2.46. The summed E-state index contributed by atoms with van der Waals surface area (Å²) < 4.78 is 5.81. The van der Waals surface area contributed by atoms with Gasteiger partial charge in [0.25, 0.3) is 5.89 Å². The molecule has 1 aliphatic rings. The first-order chi connectivity index (χ1) is 16.4. The van der Waals surface area contributed by atoms with Gasteiger partial charge in [-0.25, -0.2) is 0 Å². The predicted octanol–water partition coefficient (Wildman–Crippen LogP) is 6.87. The number of halogens is 1. The third kappa shape index (κ3) is 4.22. The monoisotopic (exact) mass is 486 g/mol. The van der Waals surface area contributed by atoms with Gasteiger partial charge < -0.3 is 9.84 Å². The molecular formula is C27H23ClN4OS. The van der Waals surface area contributed by atoms with E-state index in [0.29, 0.717) is 21.9 Å². The quantitative estimate of drug-likeness (QED) is 0.317. The maximum Gasteiger partial charge on any atom is 0.258 e. The van der Waals surface area contributed by atoms with Crippen molar-refractivity contribution in [1.82, 2.24) is 15.5 Å². The fraction of sp³-hybridized carbons (Fsp3) is 0.148. The summed E-state index contributed by atoms with van der Waals surface area (Å²) in [6.07, 6.45) is 0. The Labute approximate surface area is 209 Å². The number of thiocarbonyl (C=S) groups is 1. The molecule has 2 heterocycles. The van der Waals surface area contributed by atoms with Crippen LogP contribution in [-0.4, -0.2) is 15.3 Å². The van der Waals surface area contributed by atoms with E-state index >= 15 is 0 Å². The van der Waals surface area contributed by atoms with Crippen molar-refractivity contribution in [2.75, 3.05) is 4.90 Å². The zero-order chi connectivity index (χ0) is 23.8. The van der Waals surface area contributed by atoms with Gasteiger partial charge >= 0.3 is 0 Å². The summed E-state index contributed by atoms with van der Waals surface area (Å²) in [6.45, 7) is 6.17. The molecule has 1 atom stereocenters. The number of aromatic nitrogens is 2. The molecule has 1 N–H and O–H groups in total. The average molecular weight is 487 g/mol. The normalized spacial score (nSPS) is 16.1. The molecule has 0 aliphatic carbocycles. The first-order valence-electron chi connectivity index (χ1n) is 11.0. The van der Waals surface area contributed by atoms with Crippen molar-refractivity contribution >= 4 is 40.2 Å². The fourth-order valence-electron chi connectivity index (χ4n) is 4.11. The molecule has 3 aromatic carbocycles. The average Bonchev–Trinajstić information content (AvgIpc) is 3.30. The molecule has 0 radical (unpaired) electrons. The SMILES string of the molecule is CC1=C(c2nc(-c3cccc(Cl)c3)no2)C(c2ccc(C)cc2)NC(=S)N1c1ccc(C)cc1. The van der Waals surface area contributed by atoms with Crippen LogP contribution in [0, 0.1) is 13.8 Å². The topological polar surface area (TPSA) is 54.2 Å². The summed E-state index contributed by atoms with van der Waals surface area (Å²) in [6, 6.07) is 23.8. The van der Waals surface area contributed by atoms with Gasteiger partial charge in [-0.15, -0.1) is 0 Å². The van der Waals surface area contributed by atoms with Crippen molar-refractivity contribution in [1.29, 1.82) is 0 Å². The highest BCUT2D eigenvalue weighted by atomic mass is 35.5. The molecule has 5 nitrogen and oxygen atoms in total. The smallest absolute Gasteiger partial charge is 0.258 e. The Morgan fingerprint density at radius 2 is 1.62 bits per heavy atom. The van der Waals surface area contributed by atoms with E-state index in [1.54, 1.807) is 0 Å². The van der Waals surface area contributed by atoms with E-state index in [0.717, 1.165) is 28.1 Å². The van der Waals surface area contributed by atoms with Gasteiger partial charge in [0, 0.05) is 22.0 Å². The molecule has 1 aliphatic heterocycles. The highest BCUT2D eigenvalue weighted by Gasteiger charge is 2.34. The van der Waals surface area contributed by atoms with Gasteiger partial charge in [-0.2, -0.15) is 4.98 Å². The van der Waals surface area contributed by atoms with Crippen molar-refractivity contribution in [2.45, 2.75) is 26.8 Å². The van der Waals surface area contributed by atoms with Crippen molar-refractivity contribution < 1.29 is 4.52 Å². The summed E-state index contributed by atoms with van der Waals surface area (Å²) in [4.78, 5) is 6.76. The number of rotatable bonds is 4. The second-order valence-corrected chi connectivity index (χ2v) is 9.22. The van der Waals surface area contributed by atoms with Crippen LogP contribution in [0.15, 0.2) is 83.0 Å². The van der Waals surface area contributed by atoms with Crippen molar-refractivity contribution in [3.63, 3.8) is 0 Å². The van der Waals surface area contributed by atoms with Crippen molar-refractivity contribution in [2.24, 2.45) is 0 Å². The lowest BCUT2D eigenvalue weighted by molar-refractivity contribution is 0.404. The van der Waals surface area contributed by atoms with E-state index in [9.17, 15) is 0 Å². The second-order valence-electron chi connectivity index (χ2n) is 8.40. The lowest BCUT2D eigenvalue weighted by atomic mass is 9.94. The molecule has 0 bridgehead atoms. The second kappa shape index (κ2) is 9.05. The van der Waals surface area contributed by atoms with Crippen LogP contribution in [0.4, 0.5) is 5.69 Å². The Hall–Kier alpha value is -3.48. The number of nitrogens with one attached hydrogen (secondary N) is 1. The molecule has 5 rings (SSSR count). The number of hydrogen-bond donors (Lipinski definition) is 1. The number of aryl methyl sites for hydroxylation is 2. The molecular weight excluding hydrogens is 464 g/mol. The summed E-state index contributed by atoms with van der Waals surface area (Å²) in [7, 11) is 0. The van der Waals surface area contributed by atoms with Crippen LogP contribution in [0.1, 0.15) is 35.5 Å². The van der Waals surface area contributed by atoms with Crippen LogP contribution in [0.3, 0.4) is 0 Å². The minimum absolute atomic E-state index is 0.234. The number of nitrogens with zero attached hydrogens (tertiary/aromatic N) is 3. The maximum absolute atomic E-state index is 6.18. The summed E-state index contributed by atoms with van der Waals surface area (Å²) in [5.74, 6) is 0.917. The van der Waals surface area contributed by atoms with Crippen LogP contribution in [0.25, 0.3) is 17.0 Å². The Morgan fingerprint density at radius 3 is 2.29 bits per heavy atom. The Balaban J connectivity index is 1.65. The Bertz CT molecular complexity index is 1390. The minimum atomic E-state index is -0.234. The number of anilines is 1. The lowest BCUT2D eigenvalue weighted by Gasteiger charge is -2.37. The molecule has 170 valence electrons. The van der Waals surface area contributed by atoms with Gasteiger partial charge in [-0.3, -0.25) is 4.90 Å². The zero-order valence-electron chi connectivity index (χ0n) is 19.0. The molecule has 7 heteroatoms. The molecule has 1 aromatic heterocycles. The van der Waals surface area contributed by atoms with E-state index in [1.807, 2.05) is 36.1 Å². The van der Waals surface area contributed by atoms with Crippen molar-refractivity contribution in [3.05, 3.63) is 106 Å².